The van der Waals surface area contributed by atoms with Crippen LogP contribution in [0.4, 0.5) is 0 Å². The van der Waals surface area contributed by atoms with Gasteiger partial charge in [0.05, 0.1) is 5.69 Å². The molecule has 30 heavy (non-hydrogen) atoms. The Bertz CT molecular complexity index is 1110. The van der Waals surface area contributed by atoms with E-state index < -0.39 is 0 Å². The van der Waals surface area contributed by atoms with Crippen LogP contribution in [0.15, 0.2) is 79.1 Å². The van der Waals surface area contributed by atoms with Crippen molar-refractivity contribution in [1.82, 2.24) is 19.9 Å². The van der Waals surface area contributed by atoms with Crippen LogP contribution in [0, 0.1) is 11.3 Å². The SMILES string of the molecule is C=C/C(=C\C1=C(N(C)C(/C=C\C)=C/C)CCc2cccnc21)c1nccnc1C#N. The van der Waals surface area contributed by atoms with E-state index in [2.05, 4.69) is 57.8 Å². The smallest absolute Gasteiger partial charge is 0.166 e. The number of rotatable bonds is 6. The highest BCUT2D eigenvalue weighted by molar-refractivity contribution is 5.89. The summed E-state index contributed by atoms with van der Waals surface area (Å²) < 4.78 is 0. The Hall–Kier alpha value is -3.78. The van der Waals surface area contributed by atoms with E-state index in [0.29, 0.717) is 5.69 Å². The van der Waals surface area contributed by atoms with Gasteiger partial charge < -0.3 is 4.90 Å². The van der Waals surface area contributed by atoms with E-state index in [4.69, 9.17) is 0 Å². The molecule has 0 aromatic carbocycles. The normalized spacial score (nSPS) is 14.5. The van der Waals surface area contributed by atoms with Crippen LogP contribution in [0.5, 0.6) is 0 Å². The topological polar surface area (TPSA) is 65.7 Å². The van der Waals surface area contributed by atoms with Gasteiger partial charge >= 0.3 is 0 Å². The summed E-state index contributed by atoms with van der Waals surface area (Å²) in [5.41, 5.74) is 6.97. The highest BCUT2D eigenvalue weighted by Crippen LogP contribution is 2.35. The first kappa shape index (κ1) is 20.9. The number of likely N-dealkylation sites (N-methyl/N-ethyl adjacent to an activating group) is 1. The molecule has 2 heterocycles. The lowest BCUT2D eigenvalue weighted by Crippen LogP contribution is -2.21. The third-order valence-electron chi connectivity index (χ3n) is 5.11. The van der Waals surface area contributed by atoms with Gasteiger partial charge in [-0.3, -0.25) is 9.97 Å². The summed E-state index contributed by atoms with van der Waals surface area (Å²) >= 11 is 0. The fourth-order valence-corrected chi connectivity index (χ4v) is 3.65. The summed E-state index contributed by atoms with van der Waals surface area (Å²) in [6, 6.07) is 6.21. The van der Waals surface area contributed by atoms with E-state index in [9.17, 15) is 5.26 Å². The summed E-state index contributed by atoms with van der Waals surface area (Å²) in [4.78, 5) is 15.4. The van der Waals surface area contributed by atoms with Gasteiger partial charge in [0.25, 0.3) is 0 Å². The Morgan fingerprint density at radius 1 is 1.17 bits per heavy atom. The van der Waals surface area contributed by atoms with Gasteiger partial charge in [0.2, 0.25) is 0 Å². The number of hydrogen-bond acceptors (Lipinski definition) is 5. The molecule has 5 nitrogen and oxygen atoms in total. The Morgan fingerprint density at radius 2 is 1.97 bits per heavy atom. The average molecular weight is 396 g/mol. The maximum atomic E-state index is 9.47. The van der Waals surface area contributed by atoms with E-state index >= 15 is 0 Å². The zero-order valence-electron chi connectivity index (χ0n) is 17.6. The maximum absolute atomic E-state index is 9.47. The van der Waals surface area contributed by atoms with Crippen molar-refractivity contribution < 1.29 is 0 Å². The average Bonchev–Trinajstić information content (AvgIpc) is 2.80. The van der Waals surface area contributed by atoms with Crippen LogP contribution in [-0.2, 0) is 6.42 Å². The van der Waals surface area contributed by atoms with Crippen molar-refractivity contribution in [1.29, 1.82) is 5.26 Å². The molecule has 0 aliphatic heterocycles. The predicted molar refractivity (Wildman–Crippen MR) is 121 cm³/mol. The van der Waals surface area contributed by atoms with Crippen LogP contribution in [0.2, 0.25) is 0 Å². The van der Waals surface area contributed by atoms with Gasteiger partial charge in [-0.2, -0.15) is 5.26 Å². The number of nitriles is 1. The van der Waals surface area contributed by atoms with Crippen molar-refractivity contribution in [2.24, 2.45) is 0 Å². The van der Waals surface area contributed by atoms with Crippen molar-refractivity contribution >= 4 is 11.1 Å². The second kappa shape index (κ2) is 9.62. The summed E-state index contributed by atoms with van der Waals surface area (Å²) in [5.74, 6) is 0. The molecule has 0 amide bonds. The molecule has 0 fully saturated rings. The van der Waals surface area contributed by atoms with Crippen LogP contribution in [0.25, 0.3) is 11.1 Å². The molecule has 0 unspecified atom stereocenters. The fourth-order valence-electron chi connectivity index (χ4n) is 3.65. The molecule has 2 aromatic rings. The molecule has 0 saturated heterocycles. The molecule has 3 rings (SSSR count). The molecule has 150 valence electrons. The minimum absolute atomic E-state index is 0.277. The van der Waals surface area contributed by atoms with Gasteiger partial charge in [-0.15, -0.1) is 0 Å². The highest BCUT2D eigenvalue weighted by Gasteiger charge is 2.23. The molecule has 1 aliphatic carbocycles. The Balaban J connectivity index is 2.25. The highest BCUT2D eigenvalue weighted by atomic mass is 15.1. The summed E-state index contributed by atoms with van der Waals surface area (Å²) in [6.07, 6.45) is 16.7. The summed E-state index contributed by atoms with van der Waals surface area (Å²) in [6.45, 7) is 8.00. The van der Waals surface area contributed by atoms with Crippen LogP contribution >= 0.6 is 0 Å². The number of fused-ring (bicyclic) bond motifs is 1. The van der Waals surface area contributed by atoms with E-state index in [1.807, 2.05) is 38.3 Å². The van der Waals surface area contributed by atoms with Gasteiger partial charge in [0.1, 0.15) is 11.8 Å². The van der Waals surface area contributed by atoms with Crippen LogP contribution in [0.1, 0.15) is 42.9 Å². The van der Waals surface area contributed by atoms with Gasteiger partial charge in [-0.05, 0) is 50.5 Å². The lowest BCUT2D eigenvalue weighted by molar-refractivity contribution is 0.506. The Morgan fingerprint density at radius 3 is 2.67 bits per heavy atom. The maximum Gasteiger partial charge on any atom is 0.166 e. The molecule has 2 aromatic heterocycles. The number of aryl methyl sites for hydroxylation is 1. The molecular weight excluding hydrogens is 370 g/mol. The van der Waals surface area contributed by atoms with Crippen molar-refractivity contribution in [3.63, 3.8) is 0 Å². The van der Waals surface area contributed by atoms with E-state index in [1.54, 1.807) is 12.3 Å². The monoisotopic (exact) mass is 395 g/mol. The number of pyridine rings is 1. The zero-order chi connectivity index (χ0) is 21.5. The van der Waals surface area contributed by atoms with Gasteiger partial charge in [-0.1, -0.05) is 30.9 Å². The molecule has 0 radical (unpaired) electrons. The fraction of sp³-hybridized carbons (Fsp3) is 0.200. The largest absolute Gasteiger partial charge is 0.348 e. The van der Waals surface area contributed by atoms with Crippen molar-refractivity contribution in [2.45, 2.75) is 26.7 Å². The second-order valence-electron chi connectivity index (χ2n) is 6.81. The summed E-state index contributed by atoms with van der Waals surface area (Å²) in [5, 5.41) is 9.47. The van der Waals surface area contributed by atoms with Crippen LogP contribution < -0.4 is 0 Å². The van der Waals surface area contributed by atoms with Gasteiger partial charge in [0.15, 0.2) is 5.69 Å². The van der Waals surface area contributed by atoms with Gasteiger partial charge in [-0.25, -0.2) is 4.98 Å². The first-order chi connectivity index (χ1) is 14.6. The standard InChI is InChI=1S/C25H25N5/c1-5-9-20(7-3)30(4)23-12-11-19-10-8-13-28-24(19)21(23)16-18(6-2)25-22(17-26)27-14-15-29-25/h5-10,13-16H,2,11-12H2,1,3-4H3/b9-5-,18-16+,20-7+. The third kappa shape index (κ3) is 4.13. The predicted octanol–water partition coefficient (Wildman–Crippen LogP) is 5.08. The lowest BCUT2D eigenvalue weighted by atomic mass is 9.90. The molecule has 0 spiro atoms. The quantitative estimate of drug-likeness (QED) is 0.638. The number of nitrogens with zero attached hydrogens (tertiary/aromatic N) is 5. The molecule has 0 saturated carbocycles. The van der Waals surface area contributed by atoms with E-state index in [-0.39, 0.29) is 5.69 Å². The van der Waals surface area contributed by atoms with Gasteiger partial charge in [0, 0.05) is 48.2 Å². The number of allylic oxidation sites excluding steroid dienone is 8. The summed E-state index contributed by atoms with van der Waals surface area (Å²) in [7, 11) is 2.07. The minimum Gasteiger partial charge on any atom is -0.348 e. The first-order valence-electron chi connectivity index (χ1n) is 9.90. The molecule has 0 bridgehead atoms. The second-order valence-corrected chi connectivity index (χ2v) is 6.81. The zero-order valence-corrected chi connectivity index (χ0v) is 17.6. The molecule has 5 heteroatoms. The molecular formula is C25H25N5. The van der Waals surface area contributed by atoms with Crippen LogP contribution in [-0.4, -0.2) is 26.9 Å². The first-order valence-corrected chi connectivity index (χ1v) is 9.90. The third-order valence-corrected chi connectivity index (χ3v) is 5.11. The van der Waals surface area contributed by atoms with Crippen molar-refractivity contribution in [3.8, 4) is 6.07 Å². The van der Waals surface area contributed by atoms with Crippen molar-refractivity contribution in [2.75, 3.05) is 7.05 Å². The number of aromatic nitrogens is 3. The number of hydrogen-bond donors (Lipinski definition) is 0. The molecule has 0 N–H and O–H groups in total. The Labute approximate surface area is 178 Å². The van der Waals surface area contributed by atoms with E-state index in [0.717, 1.165) is 41.1 Å². The molecule has 0 atom stereocenters. The Kier molecular flexibility index (Phi) is 6.71. The lowest BCUT2D eigenvalue weighted by Gasteiger charge is -2.30. The van der Waals surface area contributed by atoms with Crippen LogP contribution in [0.3, 0.4) is 0 Å². The molecule has 1 aliphatic rings. The van der Waals surface area contributed by atoms with E-state index in [1.165, 1.54) is 11.8 Å². The van der Waals surface area contributed by atoms with Crippen molar-refractivity contribution in [3.05, 3.63) is 102 Å². The minimum atomic E-state index is 0.277.